The van der Waals surface area contributed by atoms with Crippen LogP contribution in [0.1, 0.15) is 33.2 Å². The molecule has 0 heterocycles. The number of benzene rings is 3. The number of halogens is 1. The van der Waals surface area contributed by atoms with Gasteiger partial charge in [0.05, 0.1) is 5.56 Å². The molecule has 0 spiro atoms. The van der Waals surface area contributed by atoms with Crippen LogP contribution in [0.4, 0.5) is 5.69 Å². The van der Waals surface area contributed by atoms with E-state index in [4.69, 9.17) is 16.3 Å². The van der Waals surface area contributed by atoms with Crippen molar-refractivity contribution in [1.29, 1.82) is 0 Å². The normalized spacial score (nSPS) is 11.4. The van der Waals surface area contributed by atoms with E-state index in [1.165, 1.54) is 19.1 Å². The summed E-state index contributed by atoms with van der Waals surface area (Å²) in [6.07, 6.45) is -0.996. The molecule has 0 unspecified atom stereocenters. The van der Waals surface area contributed by atoms with Crippen LogP contribution in [0.25, 0.3) is 0 Å². The van der Waals surface area contributed by atoms with Crippen LogP contribution in [0.2, 0.25) is 5.02 Å². The molecular weight excluding hydrogens is 390 g/mol. The molecular formula is C23H18ClNO4. The van der Waals surface area contributed by atoms with Gasteiger partial charge in [-0.2, -0.15) is 0 Å². The lowest BCUT2D eigenvalue weighted by Crippen LogP contribution is -2.30. The SMILES string of the molecule is C[C@H](OC(=O)c1ccc(C(=O)c2ccccc2)cc1)C(=O)Nc1ccc(Cl)cc1. The van der Waals surface area contributed by atoms with Gasteiger partial charge >= 0.3 is 5.97 Å². The molecule has 3 aromatic rings. The van der Waals surface area contributed by atoms with Gasteiger partial charge in [0.2, 0.25) is 0 Å². The van der Waals surface area contributed by atoms with Crippen molar-refractivity contribution in [3.63, 3.8) is 0 Å². The summed E-state index contributed by atoms with van der Waals surface area (Å²) in [6.45, 7) is 1.48. The molecule has 0 aliphatic carbocycles. The van der Waals surface area contributed by atoms with Gasteiger partial charge in [-0.05, 0) is 43.3 Å². The van der Waals surface area contributed by atoms with Gasteiger partial charge in [0.1, 0.15) is 0 Å². The van der Waals surface area contributed by atoms with Crippen molar-refractivity contribution in [3.05, 3.63) is 101 Å². The highest BCUT2D eigenvalue weighted by Gasteiger charge is 2.19. The van der Waals surface area contributed by atoms with Gasteiger partial charge in [0.25, 0.3) is 5.91 Å². The van der Waals surface area contributed by atoms with E-state index in [9.17, 15) is 14.4 Å². The van der Waals surface area contributed by atoms with E-state index in [-0.39, 0.29) is 11.3 Å². The van der Waals surface area contributed by atoms with E-state index in [2.05, 4.69) is 5.32 Å². The zero-order valence-corrected chi connectivity index (χ0v) is 16.3. The number of rotatable bonds is 6. The van der Waals surface area contributed by atoms with Gasteiger partial charge in [-0.15, -0.1) is 0 Å². The summed E-state index contributed by atoms with van der Waals surface area (Å²) < 4.78 is 5.22. The minimum atomic E-state index is -0.996. The number of ketones is 1. The maximum atomic E-state index is 12.4. The smallest absolute Gasteiger partial charge is 0.338 e. The molecule has 1 N–H and O–H groups in total. The molecule has 6 heteroatoms. The minimum Gasteiger partial charge on any atom is -0.449 e. The second kappa shape index (κ2) is 9.17. The van der Waals surface area contributed by atoms with Crippen LogP contribution in [-0.2, 0) is 9.53 Å². The molecule has 29 heavy (non-hydrogen) atoms. The average Bonchev–Trinajstić information content (AvgIpc) is 2.75. The first-order chi connectivity index (χ1) is 13.9. The molecule has 0 bridgehead atoms. The highest BCUT2D eigenvalue weighted by atomic mass is 35.5. The summed E-state index contributed by atoms with van der Waals surface area (Å²) >= 11 is 5.81. The molecule has 5 nitrogen and oxygen atoms in total. The number of carbonyl (C=O) groups excluding carboxylic acids is 3. The van der Waals surface area contributed by atoms with Gasteiger partial charge in [0.15, 0.2) is 11.9 Å². The summed E-state index contributed by atoms with van der Waals surface area (Å²) in [5, 5.41) is 3.20. The number of hydrogen-bond acceptors (Lipinski definition) is 4. The van der Waals surface area contributed by atoms with Crippen LogP contribution in [0.3, 0.4) is 0 Å². The first-order valence-corrected chi connectivity index (χ1v) is 9.29. The lowest BCUT2D eigenvalue weighted by molar-refractivity contribution is -0.123. The van der Waals surface area contributed by atoms with Crippen LogP contribution in [0.15, 0.2) is 78.9 Å². The Morgan fingerprint density at radius 3 is 1.97 bits per heavy atom. The maximum Gasteiger partial charge on any atom is 0.338 e. The summed E-state index contributed by atoms with van der Waals surface area (Å²) in [7, 11) is 0. The van der Waals surface area contributed by atoms with Crippen molar-refractivity contribution in [2.24, 2.45) is 0 Å². The summed E-state index contributed by atoms with van der Waals surface area (Å²) in [6, 6.07) is 21.6. The van der Waals surface area contributed by atoms with Crippen LogP contribution in [-0.4, -0.2) is 23.8 Å². The third kappa shape index (κ3) is 5.30. The van der Waals surface area contributed by atoms with Gasteiger partial charge < -0.3 is 10.1 Å². The third-order valence-corrected chi connectivity index (χ3v) is 4.44. The number of carbonyl (C=O) groups is 3. The van der Waals surface area contributed by atoms with Crippen molar-refractivity contribution in [1.82, 2.24) is 0 Å². The Morgan fingerprint density at radius 1 is 0.793 bits per heavy atom. The van der Waals surface area contributed by atoms with Crippen LogP contribution in [0.5, 0.6) is 0 Å². The summed E-state index contributed by atoms with van der Waals surface area (Å²) in [5.74, 6) is -1.25. The third-order valence-electron chi connectivity index (χ3n) is 4.18. The first-order valence-electron chi connectivity index (χ1n) is 8.91. The van der Waals surface area contributed by atoms with Crippen molar-refractivity contribution < 1.29 is 19.1 Å². The van der Waals surface area contributed by atoms with E-state index >= 15 is 0 Å². The first kappa shape index (κ1) is 20.3. The molecule has 0 aliphatic heterocycles. The van der Waals surface area contributed by atoms with Gasteiger partial charge in [-0.3, -0.25) is 9.59 Å². The predicted molar refractivity (Wildman–Crippen MR) is 111 cm³/mol. The topological polar surface area (TPSA) is 72.5 Å². The lowest BCUT2D eigenvalue weighted by atomic mass is 10.0. The average molecular weight is 408 g/mol. The Bertz CT molecular complexity index is 1020. The molecule has 0 saturated heterocycles. The molecule has 146 valence electrons. The lowest BCUT2D eigenvalue weighted by Gasteiger charge is -2.14. The minimum absolute atomic E-state index is 0.138. The van der Waals surface area contributed by atoms with E-state index in [0.717, 1.165) is 0 Å². The highest BCUT2D eigenvalue weighted by molar-refractivity contribution is 6.30. The molecule has 3 rings (SSSR count). The Morgan fingerprint density at radius 2 is 1.34 bits per heavy atom. The fourth-order valence-corrected chi connectivity index (χ4v) is 2.70. The molecule has 1 atom stereocenters. The van der Waals surface area contributed by atoms with E-state index in [1.54, 1.807) is 60.7 Å². The number of nitrogens with one attached hydrogen (secondary N) is 1. The zero-order valence-electron chi connectivity index (χ0n) is 15.6. The maximum absolute atomic E-state index is 12.4. The Labute approximate surface area is 173 Å². The number of esters is 1. The van der Waals surface area contributed by atoms with Gasteiger partial charge in [-0.1, -0.05) is 54.1 Å². The fourth-order valence-electron chi connectivity index (χ4n) is 2.57. The van der Waals surface area contributed by atoms with Crippen LogP contribution >= 0.6 is 11.6 Å². The number of ether oxygens (including phenoxy) is 1. The van der Waals surface area contributed by atoms with Crippen molar-refractivity contribution >= 4 is 34.9 Å². The van der Waals surface area contributed by atoms with Gasteiger partial charge in [0, 0.05) is 21.8 Å². The number of amides is 1. The molecule has 3 aromatic carbocycles. The van der Waals surface area contributed by atoms with Crippen molar-refractivity contribution in [2.75, 3.05) is 5.32 Å². The van der Waals surface area contributed by atoms with E-state index < -0.39 is 18.0 Å². The van der Waals surface area contributed by atoms with Crippen LogP contribution in [0, 0.1) is 0 Å². The Balaban J connectivity index is 1.60. The molecule has 0 radical (unpaired) electrons. The predicted octanol–water partition coefficient (Wildman–Crippen LogP) is 4.76. The van der Waals surface area contributed by atoms with Crippen LogP contribution < -0.4 is 5.32 Å². The van der Waals surface area contributed by atoms with Crippen molar-refractivity contribution in [2.45, 2.75) is 13.0 Å². The second-order valence-corrected chi connectivity index (χ2v) is 6.75. The quantitative estimate of drug-likeness (QED) is 0.472. The van der Waals surface area contributed by atoms with Crippen molar-refractivity contribution in [3.8, 4) is 0 Å². The molecule has 1 amide bonds. The largest absolute Gasteiger partial charge is 0.449 e. The van der Waals surface area contributed by atoms with Gasteiger partial charge in [-0.25, -0.2) is 4.79 Å². The zero-order chi connectivity index (χ0) is 20.8. The second-order valence-electron chi connectivity index (χ2n) is 6.32. The summed E-state index contributed by atoms with van der Waals surface area (Å²) in [4.78, 5) is 36.9. The van der Waals surface area contributed by atoms with E-state index in [0.29, 0.717) is 21.8 Å². The molecule has 0 fully saturated rings. The molecule has 0 aromatic heterocycles. The fraction of sp³-hybridized carbons (Fsp3) is 0.0870. The standard InChI is InChI=1S/C23H18ClNO4/c1-15(22(27)25-20-13-11-19(24)12-14-20)29-23(28)18-9-7-17(8-10-18)21(26)16-5-3-2-4-6-16/h2-15H,1H3,(H,25,27)/t15-/m0/s1. The monoisotopic (exact) mass is 407 g/mol. The Kier molecular flexibility index (Phi) is 6.42. The van der Waals surface area contributed by atoms with E-state index in [1.807, 2.05) is 6.07 Å². The summed E-state index contributed by atoms with van der Waals surface area (Å²) in [5.41, 5.74) is 1.82. The highest BCUT2D eigenvalue weighted by Crippen LogP contribution is 2.15. The molecule has 0 aliphatic rings. The Hall–Kier alpha value is -3.44. The number of anilines is 1. The molecule has 0 saturated carbocycles. The number of hydrogen-bond donors (Lipinski definition) is 1.